The molecule has 2 nitrogen and oxygen atoms in total. The van der Waals surface area contributed by atoms with Gasteiger partial charge in [-0.15, -0.1) is 0 Å². The number of rotatable bonds is 2. The van der Waals surface area contributed by atoms with Gasteiger partial charge in [-0.3, -0.25) is 0 Å². The molecule has 1 saturated carbocycles. The molecule has 0 aromatic heterocycles. The lowest BCUT2D eigenvalue weighted by atomic mass is 9.78. The van der Waals surface area contributed by atoms with Crippen molar-refractivity contribution in [3.8, 4) is 0 Å². The van der Waals surface area contributed by atoms with Crippen LogP contribution >= 0.6 is 0 Å². The van der Waals surface area contributed by atoms with E-state index in [1.165, 1.54) is 6.42 Å². The molecule has 2 rings (SSSR count). The molecule has 82 valence electrons. The first-order valence-corrected chi connectivity index (χ1v) is 5.68. The second-order valence-corrected chi connectivity index (χ2v) is 4.48. The van der Waals surface area contributed by atoms with E-state index in [1.807, 2.05) is 30.3 Å². The summed E-state index contributed by atoms with van der Waals surface area (Å²) in [6.07, 6.45) is 3.88. The lowest BCUT2D eigenvalue weighted by molar-refractivity contribution is -0.0991. The molecular formula is C13H18O2. The van der Waals surface area contributed by atoms with Crippen molar-refractivity contribution in [3.05, 3.63) is 35.9 Å². The molecule has 2 heteroatoms. The molecule has 0 spiro atoms. The summed E-state index contributed by atoms with van der Waals surface area (Å²) in [6, 6.07) is 9.45. The highest BCUT2D eigenvalue weighted by molar-refractivity contribution is 5.20. The van der Waals surface area contributed by atoms with Gasteiger partial charge in [-0.05, 0) is 18.4 Å². The maximum atomic E-state index is 10.3. The Morgan fingerprint density at radius 3 is 2.20 bits per heavy atom. The van der Waals surface area contributed by atoms with Crippen molar-refractivity contribution in [2.75, 3.05) is 0 Å². The number of benzene rings is 1. The largest absolute Gasteiger partial charge is 0.387 e. The summed E-state index contributed by atoms with van der Waals surface area (Å²) < 4.78 is 0. The smallest absolute Gasteiger partial charge is 0.108 e. The van der Waals surface area contributed by atoms with Crippen LogP contribution in [0.2, 0.25) is 0 Å². The van der Waals surface area contributed by atoms with Gasteiger partial charge in [0, 0.05) is 0 Å². The van der Waals surface area contributed by atoms with Gasteiger partial charge in [-0.2, -0.15) is 0 Å². The predicted octanol–water partition coefficient (Wildman–Crippen LogP) is 2.42. The molecule has 1 atom stereocenters. The van der Waals surface area contributed by atoms with Crippen molar-refractivity contribution < 1.29 is 10.2 Å². The molecule has 0 heterocycles. The highest BCUT2D eigenvalue weighted by Crippen LogP contribution is 2.38. The van der Waals surface area contributed by atoms with Crippen molar-refractivity contribution in [2.24, 2.45) is 0 Å². The monoisotopic (exact) mass is 206 g/mol. The van der Waals surface area contributed by atoms with Crippen LogP contribution in [0.4, 0.5) is 0 Å². The average Bonchev–Trinajstić information content (AvgIpc) is 2.30. The van der Waals surface area contributed by atoms with E-state index < -0.39 is 11.7 Å². The molecule has 0 bridgehead atoms. The first kappa shape index (κ1) is 10.7. The molecule has 0 aliphatic heterocycles. The molecule has 1 fully saturated rings. The zero-order valence-electron chi connectivity index (χ0n) is 8.89. The van der Waals surface area contributed by atoms with Crippen LogP contribution in [0.25, 0.3) is 0 Å². The first-order valence-electron chi connectivity index (χ1n) is 5.68. The Kier molecular flexibility index (Phi) is 3.08. The van der Waals surface area contributed by atoms with E-state index in [0.29, 0.717) is 12.8 Å². The minimum atomic E-state index is -0.903. The standard InChI is InChI=1S/C13H18O2/c14-12(11-7-3-1-4-8-11)13(15)9-5-2-6-10-13/h1,3-4,7-8,12,14-15H,2,5-6,9-10H2. The van der Waals surface area contributed by atoms with Crippen LogP contribution in [0.1, 0.15) is 43.8 Å². The Morgan fingerprint density at radius 2 is 1.60 bits per heavy atom. The first-order chi connectivity index (χ1) is 7.22. The SMILES string of the molecule is OC(c1ccccc1)C1(O)CCCCC1. The predicted molar refractivity (Wildman–Crippen MR) is 59.4 cm³/mol. The van der Waals surface area contributed by atoms with E-state index in [2.05, 4.69) is 0 Å². The van der Waals surface area contributed by atoms with Gasteiger partial charge in [0.25, 0.3) is 0 Å². The molecule has 1 unspecified atom stereocenters. The van der Waals surface area contributed by atoms with Crippen LogP contribution in [0.5, 0.6) is 0 Å². The molecule has 0 saturated heterocycles. The topological polar surface area (TPSA) is 40.5 Å². The van der Waals surface area contributed by atoms with E-state index in [4.69, 9.17) is 0 Å². The van der Waals surface area contributed by atoms with Crippen molar-refractivity contribution in [1.82, 2.24) is 0 Å². The maximum absolute atomic E-state index is 10.3. The van der Waals surface area contributed by atoms with Gasteiger partial charge in [0.05, 0.1) is 5.60 Å². The summed E-state index contributed by atoms with van der Waals surface area (Å²) in [4.78, 5) is 0. The van der Waals surface area contributed by atoms with E-state index in [9.17, 15) is 10.2 Å². The molecule has 2 N–H and O–H groups in total. The average molecular weight is 206 g/mol. The third-order valence-electron chi connectivity index (χ3n) is 3.34. The van der Waals surface area contributed by atoms with E-state index in [0.717, 1.165) is 18.4 Å². The molecule has 15 heavy (non-hydrogen) atoms. The Bertz CT molecular complexity index is 302. The molecule has 0 amide bonds. The van der Waals surface area contributed by atoms with Gasteiger partial charge in [0.15, 0.2) is 0 Å². The Morgan fingerprint density at radius 1 is 1.00 bits per heavy atom. The lowest BCUT2D eigenvalue weighted by Gasteiger charge is -2.36. The van der Waals surface area contributed by atoms with Gasteiger partial charge in [0.1, 0.15) is 6.10 Å². The molecule has 1 aliphatic carbocycles. The molecule has 1 aromatic rings. The maximum Gasteiger partial charge on any atom is 0.108 e. The van der Waals surface area contributed by atoms with Gasteiger partial charge < -0.3 is 10.2 Å². The Balaban J connectivity index is 2.16. The number of hydrogen-bond acceptors (Lipinski definition) is 2. The van der Waals surface area contributed by atoms with Gasteiger partial charge in [-0.1, -0.05) is 49.6 Å². The minimum absolute atomic E-state index is 0.711. The highest BCUT2D eigenvalue weighted by Gasteiger charge is 2.37. The molecular weight excluding hydrogens is 188 g/mol. The van der Waals surface area contributed by atoms with Crippen LogP contribution < -0.4 is 0 Å². The highest BCUT2D eigenvalue weighted by atomic mass is 16.3. The van der Waals surface area contributed by atoms with Crippen molar-refractivity contribution >= 4 is 0 Å². The zero-order valence-corrected chi connectivity index (χ0v) is 8.89. The van der Waals surface area contributed by atoms with Crippen LogP contribution in [0.15, 0.2) is 30.3 Å². The van der Waals surface area contributed by atoms with Gasteiger partial charge in [-0.25, -0.2) is 0 Å². The van der Waals surface area contributed by atoms with Crippen LogP contribution in [-0.2, 0) is 0 Å². The fourth-order valence-corrected chi connectivity index (χ4v) is 2.38. The van der Waals surface area contributed by atoms with E-state index in [1.54, 1.807) is 0 Å². The summed E-state index contributed by atoms with van der Waals surface area (Å²) in [5, 5.41) is 20.5. The van der Waals surface area contributed by atoms with E-state index >= 15 is 0 Å². The van der Waals surface area contributed by atoms with Crippen LogP contribution in [0, 0.1) is 0 Å². The Labute approximate surface area is 90.6 Å². The third-order valence-corrected chi connectivity index (χ3v) is 3.34. The van der Waals surface area contributed by atoms with Gasteiger partial charge >= 0.3 is 0 Å². The van der Waals surface area contributed by atoms with Crippen molar-refractivity contribution in [1.29, 1.82) is 0 Å². The van der Waals surface area contributed by atoms with Crippen LogP contribution in [0.3, 0.4) is 0 Å². The van der Waals surface area contributed by atoms with Crippen molar-refractivity contribution in [2.45, 2.75) is 43.8 Å². The summed E-state index contributed by atoms with van der Waals surface area (Å²) >= 11 is 0. The van der Waals surface area contributed by atoms with Crippen molar-refractivity contribution in [3.63, 3.8) is 0 Å². The zero-order chi connectivity index (χ0) is 10.7. The fourth-order valence-electron chi connectivity index (χ4n) is 2.38. The number of aliphatic hydroxyl groups is 2. The molecule has 1 aliphatic rings. The lowest BCUT2D eigenvalue weighted by Crippen LogP contribution is -2.38. The molecule has 0 radical (unpaired) electrons. The number of hydrogen-bond donors (Lipinski definition) is 2. The van der Waals surface area contributed by atoms with Gasteiger partial charge in [0.2, 0.25) is 0 Å². The summed E-state index contributed by atoms with van der Waals surface area (Å²) in [7, 11) is 0. The second-order valence-electron chi connectivity index (χ2n) is 4.48. The summed E-state index contributed by atoms with van der Waals surface area (Å²) in [5.74, 6) is 0. The normalized spacial score (nSPS) is 22.3. The summed E-state index contributed by atoms with van der Waals surface area (Å²) in [5.41, 5.74) is -0.0820. The third kappa shape index (κ3) is 2.21. The fraction of sp³-hybridized carbons (Fsp3) is 0.538. The quantitative estimate of drug-likeness (QED) is 0.780. The summed E-state index contributed by atoms with van der Waals surface area (Å²) in [6.45, 7) is 0. The van der Waals surface area contributed by atoms with Crippen LogP contribution in [-0.4, -0.2) is 15.8 Å². The number of aliphatic hydroxyl groups excluding tert-OH is 1. The Hall–Kier alpha value is -0.860. The second kappa shape index (κ2) is 4.33. The van der Waals surface area contributed by atoms with E-state index in [-0.39, 0.29) is 0 Å². The molecule has 1 aromatic carbocycles. The minimum Gasteiger partial charge on any atom is -0.387 e.